The van der Waals surface area contributed by atoms with Gasteiger partial charge in [-0.1, -0.05) is 108 Å². The second kappa shape index (κ2) is 10.6. The molecule has 0 spiro atoms. The van der Waals surface area contributed by atoms with Crippen molar-refractivity contribution in [3.63, 3.8) is 0 Å². The number of benzene rings is 4. The highest BCUT2D eigenvalue weighted by molar-refractivity contribution is 6.30. The number of ether oxygens (including phenoxy) is 1. The Bertz CT molecular complexity index is 973. The molecule has 0 fully saturated rings. The minimum absolute atomic E-state index is 0.0834. The van der Waals surface area contributed by atoms with Gasteiger partial charge < -0.3 is 4.74 Å². The molecule has 4 rings (SSSR count). The molecule has 156 valence electrons. The van der Waals surface area contributed by atoms with Gasteiger partial charge in [0.15, 0.2) is 0 Å². The summed E-state index contributed by atoms with van der Waals surface area (Å²) >= 11 is 12.2. The van der Waals surface area contributed by atoms with Crippen LogP contribution in [0.5, 0.6) is 0 Å². The van der Waals surface area contributed by atoms with E-state index in [0.717, 1.165) is 34.0 Å². The van der Waals surface area contributed by atoms with E-state index in [9.17, 15) is 0 Å². The van der Waals surface area contributed by atoms with E-state index in [0.29, 0.717) is 0 Å². The van der Waals surface area contributed by atoms with E-state index < -0.39 is 0 Å². The third kappa shape index (κ3) is 6.21. The molecular formula is C28H24Cl2O. The Kier molecular flexibility index (Phi) is 7.43. The lowest BCUT2D eigenvalue weighted by atomic mass is 9.98. The van der Waals surface area contributed by atoms with Gasteiger partial charge in [-0.3, -0.25) is 0 Å². The van der Waals surface area contributed by atoms with E-state index in [1.165, 1.54) is 11.1 Å². The van der Waals surface area contributed by atoms with Crippen LogP contribution in [0.2, 0.25) is 10.0 Å². The summed E-state index contributed by atoms with van der Waals surface area (Å²) in [6.45, 7) is 0. The van der Waals surface area contributed by atoms with E-state index in [1.807, 2.05) is 36.4 Å². The molecule has 0 bridgehead atoms. The van der Waals surface area contributed by atoms with Crippen LogP contribution in [0, 0.1) is 0 Å². The summed E-state index contributed by atoms with van der Waals surface area (Å²) in [6, 6.07) is 36.8. The molecule has 1 nitrogen and oxygen atoms in total. The molecule has 0 N–H and O–H groups in total. The zero-order chi connectivity index (χ0) is 21.5. The van der Waals surface area contributed by atoms with Gasteiger partial charge in [0, 0.05) is 22.9 Å². The first-order valence-corrected chi connectivity index (χ1v) is 11.2. The zero-order valence-corrected chi connectivity index (χ0v) is 18.6. The zero-order valence-electron chi connectivity index (χ0n) is 17.1. The van der Waals surface area contributed by atoms with Crippen molar-refractivity contribution < 1.29 is 4.74 Å². The molecule has 3 heteroatoms. The standard InChI is InChI=1S/C28H24Cl2O/c29-25-15-11-21(12-16-25)19-27(23-7-3-1-4-8-23)31-28(24-9-5-2-6-10-24)20-22-13-17-26(30)18-14-22/h1-18,27-28H,19-20H2. The fourth-order valence-electron chi connectivity index (χ4n) is 3.69. The molecule has 31 heavy (non-hydrogen) atoms. The highest BCUT2D eigenvalue weighted by Crippen LogP contribution is 2.32. The van der Waals surface area contributed by atoms with Crippen molar-refractivity contribution in [1.82, 2.24) is 0 Å². The van der Waals surface area contributed by atoms with Gasteiger partial charge in [-0.2, -0.15) is 0 Å². The van der Waals surface area contributed by atoms with Crippen molar-refractivity contribution in [3.8, 4) is 0 Å². The van der Waals surface area contributed by atoms with Crippen molar-refractivity contribution in [1.29, 1.82) is 0 Å². The second-order valence-electron chi connectivity index (χ2n) is 7.60. The SMILES string of the molecule is Clc1ccc(CC(OC(Cc2ccc(Cl)cc2)c2ccccc2)c2ccccc2)cc1. The molecule has 4 aromatic carbocycles. The number of rotatable bonds is 8. The van der Waals surface area contributed by atoms with Crippen molar-refractivity contribution in [2.45, 2.75) is 25.0 Å². The Morgan fingerprint density at radius 2 is 0.839 bits per heavy atom. The minimum atomic E-state index is -0.0834. The first-order valence-electron chi connectivity index (χ1n) is 10.4. The molecule has 0 aliphatic carbocycles. The molecule has 0 heterocycles. The van der Waals surface area contributed by atoms with Crippen molar-refractivity contribution in [3.05, 3.63) is 141 Å². The van der Waals surface area contributed by atoms with E-state index >= 15 is 0 Å². The highest BCUT2D eigenvalue weighted by Gasteiger charge is 2.21. The van der Waals surface area contributed by atoms with E-state index in [-0.39, 0.29) is 12.2 Å². The number of halogens is 2. The monoisotopic (exact) mass is 446 g/mol. The molecule has 4 aromatic rings. The lowest BCUT2D eigenvalue weighted by molar-refractivity contribution is -0.0149. The average molecular weight is 447 g/mol. The van der Waals surface area contributed by atoms with Crippen LogP contribution in [0.3, 0.4) is 0 Å². The van der Waals surface area contributed by atoms with Crippen LogP contribution in [0.4, 0.5) is 0 Å². The summed E-state index contributed by atoms with van der Waals surface area (Å²) in [6.07, 6.45) is 1.37. The van der Waals surface area contributed by atoms with Crippen molar-refractivity contribution >= 4 is 23.2 Å². The van der Waals surface area contributed by atoms with Gasteiger partial charge in [-0.25, -0.2) is 0 Å². The highest BCUT2D eigenvalue weighted by atomic mass is 35.5. The van der Waals surface area contributed by atoms with Crippen LogP contribution in [0.15, 0.2) is 109 Å². The third-order valence-electron chi connectivity index (χ3n) is 5.34. The van der Waals surface area contributed by atoms with Gasteiger partial charge in [-0.15, -0.1) is 0 Å². The molecule has 2 atom stereocenters. The Morgan fingerprint density at radius 1 is 0.484 bits per heavy atom. The maximum Gasteiger partial charge on any atom is 0.0873 e. The fourth-order valence-corrected chi connectivity index (χ4v) is 3.94. The summed E-state index contributed by atoms with van der Waals surface area (Å²) in [7, 11) is 0. The van der Waals surface area contributed by atoms with Gasteiger partial charge in [0.05, 0.1) is 12.2 Å². The predicted molar refractivity (Wildman–Crippen MR) is 130 cm³/mol. The lowest BCUT2D eigenvalue weighted by Crippen LogP contribution is -2.15. The van der Waals surface area contributed by atoms with Gasteiger partial charge in [0.2, 0.25) is 0 Å². The molecule has 0 saturated carbocycles. The summed E-state index contributed by atoms with van der Waals surface area (Å²) < 4.78 is 6.83. The predicted octanol–water partition coefficient (Wildman–Crippen LogP) is 8.28. The summed E-state index contributed by atoms with van der Waals surface area (Å²) in [5.74, 6) is 0. The average Bonchev–Trinajstić information content (AvgIpc) is 2.82. The Morgan fingerprint density at radius 3 is 1.19 bits per heavy atom. The van der Waals surface area contributed by atoms with E-state index in [4.69, 9.17) is 27.9 Å². The minimum Gasteiger partial charge on any atom is -0.365 e. The Hall–Kier alpha value is -2.58. The van der Waals surface area contributed by atoms with Crippen LogP contribution in [0.25, 0.3) is 0 Å². The van der Waals surface area contributed by atoms with Crippen LogP contribution in [-0.2, 0) is 17.6 Å². The molecular weight excluding hydrogens is 423 g/mol. The molecule has 2 unspecified atom stereocenters. The van der Waals surface area contributed by atoms with Gasteiger partial charge in [-0.05, 0) is 46.5 Å². The van der Waals surface area contributed by atoms with E-state index in [1.54, 1.807) is 0 Å². The molecule has 0 aliphatic heterocycles. The quantitative estimate of drug-likeness (QED) is 0.264. The number of hydrogen-bond acceptors (Lipinski definition) is 1. The molecule has 0 aromatic heterocycles. The summed E-state index contributed by atoms with van der Waals surface area (Å²) in [5.41, 5.74) is 4.71. The summed E-state index contributed by atoms with van der Waals surface area (Å²) in [4.78, 5) is 0. The molecule has 0 radical (unpaired) electrons. The Labute approximate surface area is 194 Å². The van der Waals surface area contributed by atoms with Crippen LogP contribution >= 0.6 is 23.2 Å². The smallest absolute Gasteiger partial charge is 0.0873 e. The first-order chi connectivity index (χ1) is 15.2. The fraction of sp³-hybridized carbons (Fsp3) is 0.143. The Balaban J connectivity index is 1.64. The summed E-state index contributed by atoms with van der Waals surface area (Å²) in [5, 5.41) is 1.48. The first kappa shape index (κ1) is 21.6. The normalized spacial score (nSPS) is 13.0. The second-order valence-corrected chi connectivity index (χ2v) is 8.47. The maximum atomic E-state index is 6.83. The molecule has 0 amide bonds. The third-order valence-corrected chi connectivity index (χ3v) is 5.84. The van der Waals surface area contributed by atoms with Crippen LogP contribution < -0.4 is 0 Å². The number of hydrogen-bond donors (Lipinski definition) is 0. The maximum absolute atomic E-state index is 6.83. The van der Waals surface area contributed by atoms with E-state index in [2.05, 4.69) is 72.8 Å². The molecule has 0 saturated heterocycles. The van der Waals surface area contributed by atoms with Crippen LogP contribution in [0.1, 0.15) is 34.5 Å². The van der Waals surface area contributed by atoms with Crippen LogP contribution in [-0.4, -0.2) is 0 Å². The van der Waals surface area contributed by atoms with Gasteiger partial charge >= 0.3 is 0 Å². The van der Waals surface area contributed by atoms with Crippen molar-refractivity contribution in [2.75, 3.05) is 0 Å². The largest absolute Gasteiger partial charge is 0.365 e. The van der Waals surface area contributed by atoms with Crippen molar-refractivity contribution in [2.24, 2.45) is 0 Å². The van der Waals surface area contributed by atoms with Gasteiger partial charge in [0.25, 0.3) is 0 Å². The lowest BCUT2D eigenvalue weighted by Gasteiger charge is -2.26. The molecule has 0 aliphatic rings. The topological polar surface area (TPSA) is 9.23 Å². The van der Waals surface area contributed by atoms with Gasteiger partial charge in [0.1, 0.15) is 0 Å².